The number of imide groups is 1. The van der Waals surface area contributed by atoms with Gasteiger partial charge in [0.05, 0.1) is 24.2 Å². The number of hydrogen-bond donors (Lipinski definition) is 1. The Morgan fingerprint density at radius 3 is 2.61 bits per heavy atom. The van der Waals surface area contributed by atoms with Crippen LogP contribution >= 0.6 is 0 Å². The number of benzene rings is 1. The van der Waals surface area contributed by atoms with Crippen LogP contribution in [0.5, 0.6) is 0 Å². The Hall–Kier alpha value is -2.90. The van der Waals surface area contributed by atoms with E-state index in [2.05, 4.69) is 28.6 Å². The van der Waals surface area contributed by atoms with Crippen LogP contribution < -0.4 is 5.32 Å². The predicted molar refractivity (Wildman–Crippen MR) is 113 cm³/mol. The van der Waals surface area contributed by atoms with E-state index in [9.17, 15) is 14.4 Å². The van der Waals surface area contributed by atoms with Crippen molar-refractivity contribution in [1.29, 1.82) is 0 Å². The van der Waals surface area contributed by atoms with Crippen molar-refractivity contribution in [3.05, 3.63) is 29.5 Å². The van der Waals surface area contributed by atoms with Gasteiger partial charge in [0.2, 0.25) is 11.8 Å². The molecule has 1 spiro atoms. The average molecular weight is 425 g/mol. The maximum Gasteiger partial charge on any atom is 0.409 e. The van der Waals surface area contributed by atoms with Gasteiger partial charge in [0.1, 0.15) is 0 Å². The molecule has 3 fully saturated rings. The normalized spacial score (nSPS) is 23.7. The second-order valence-electron chi connectivity index (χ2n) is 9.39. The molecule has 8 nitrogen and oxygen atoms in total. The van der Waals surface area contributed by atoms with Gasteiger partial charge in [-0.1, -0.05) is 12.1 Å². The van der Waals surface area contributed by atoms with E-state index in [0.29, 0.717) is 18.8 Å². The molecule has 1 aromatic carbocycles. The summed E-state index contributed by atoms with van der Waals surface area (Å²) in [6.45, 7) is 1.62. The van der Waals surface area contributed by atoms with Crippen LogP contribution in [0.1, 0.15) is 61.6 Å². The van der Waals surface area contributed by atoms with E-state index < -0.39 is 0 Å². The maximum absolute atomic E-state index is 12.3. The van der Waals surface area contributed by atoms with Gasteiger partial charge in [-0.25, -0.2) is 4.79 Å². The molecule has 1 N–H and O–H groups in total. The number of aryl methyl sites for hydroxylation is 1. The fraction of sp³-hybridized carbons (Fsp3) is 0.565. The molecule has 3 amide bonds. The third-order valence-electron chi connectivity index (χ3n) is 7.48. The number of likely N-dealkylation sites (tertiary alicyclic amines) is 1. The maximum atomic E-state index is 12.3. The van der Waals surface area contributed by atoms with Crippen molar-refractivity contribution in [1.82, 2.24) is 20.0 Å². The molecule has 0 bridgehead atoms. The number of rotatable bonds is 2. The summed E-state index contributed by atoms with van der Waals surface area (Å²) in [7, 11) is 3.34. The fourth-order valence-corrected chi connectivity index (χ4v) is 5.67. The summed E-state index contributed by atoms with van der Waals surface area (Å²) < 4.78 is 6.67. The van der Waals surface area contributed by atoms with E-state index in [4.69, 9.17) is 4.74 Å². The second kappa shape index (κ2) is 7.35. The number of hydrogen-bond acceptors (Lipinski definition) is 5. The number of methoxy groups -OCH3 is 1. The third kappa shape index (κ3) is 3.38. The van der Waals surface area contributed by atoms with Gasteiger partial charge in [-0.2, -0.15) is 5.10 Å². The van der Waals surface area contributed by atoms with Crippen LogP contribution in [0.15, 0.2) is 18.2 Å². The highest BCUT2D eigenvalue weighted by Gasteiger charge is 2.47. The molecule has 3 aliphatic rings. The number of aromatic nitrogens is 2. The Labute approximate surface area is 180 Å². The van der Waals surface area contributed by atoms with E-state index in [-0.39, 0.29) is 29.2 Å². The molecule has 2 aromatic rings. The average Bonchev–Trinajstić information content (AvgIpc) is 3.07. The molecule has 8 heteroatoms. The number of piperidine rings is 1. The Bertz CT molecular complexity index is 1060. The lowest BCUT2D eigenvalue weighted by molar-refractivity contribution is -0.134. The molecule has 1 atom stereocenters. The molecular weight excluding hydrogens is 396 g/mol. The molecule has 0 radical (unpaired) electrons. The molecule has 164 valence electrons. The first-order valence-corrected chi connectivity index (χ1v) is 11.0. The molecule has 1 saturated carbocycles. The summed E-state index contributed by atoms with van der Waals surface area (Å²) in [4.78, 5) is 37.3. The van der Waals surface area contributed by atoms with Crippen molar-refractivity contribution in [3.8, 4) is 0 Å². The molecule has 3 heterocycles. The summed E-state index contributed by atoms with van der Waals surface area (Å²) >= 11 is 0. The quantitative estimate of drug-likeness (QED) is 0.749. The van der Waals surface area contributed by atoms with Crippen LogP contribution in [0.4, 0.5) is 4.79 Å². The first kappa shape index (κ1) is 20.0. The second-order valence-corrected chi connectivity index (χ2v) is 9.39. The first-order chi connectivity index (χ1) is 14.9. The Morgan fingerprint density at radius 1 is 1.19 bits per heavy atom. The lowest BCUT2D eigenvalue weighted by Crippen LogP contribution is -2.59. The van der Waals surface area contributed by atoms with Gasteiger partial charge >= 0.3 is 6.09 Å². The zero-order valence-corrected chi connectivity index (χ0v) is 18.0. The monoisotopic (exact) mass is 424 g/mol. The number of carbonyl (C=O) groups excluding carboxylic acids is 3. The molecule has 1 aromatic heterocycles. The van der Waals surface area contributed by atoms with E-state index in [1.807, 2.05) is 11.7 Å². The molecule has 5 rings (SSSR count). The van der Waals surface area contributed by atoms with Crippen molar-refractivity contribution in [2.45, 2.75) is 50.4 Å². The molecule has 1 unspecified atom stereocenters. The lowest BCUT2D eigenvalue weighted by Gasteiger charge is -2.52. The van der Waals surface area contributed by atoms with Gasteiger partial charge in [0.15, 0.2) is 0 Å². The molecule has 1 aliphatic carbocycles. The highest BCUT2D eigenvalue weighted by Crippen LogP contribution is 2.48. The van der Waals surface area contributed by atoms with Crippen molar-refractivity contribution >= 4 is 28.8 Å². The Balaban J connectivity index is 1.31. The van der Waals surface area contributed by atoms with Crippen LogP contribution in [0.25, 0.3) is 10.9 Å². The van der Waals surface area contributed by atoms with E-state index >= 15 is 0 Å². The smallest absolute Gasteiger partial charge is 0.409 e. The van der Waals surface area contributed by atoms with Crippen LogP contribution in [-0.4, -0.2) is 52.8 Å². The highest BCUT2D eigenvalue weighted by atomic mass is 16.5. The minimum absolute atomic E-state index is 0.208. The minimum Gasteiger partial charge on any atom is -0.453 e. The van der Waals surface area contributed by atoms with Gasteiger partial charge in [0, 0.05) is 37.4 Å². The standard InChI is InChI=1S/C23H28N4O4/c1-26-18-11-15(14-7-9-23(10-8-14)12-27(13-23)22(30)31-2)3-4-16(18)20(25-26)17-5-6-19(28)24-21(17)29/h3-4,11,14,17H,5-10,12-13H2,1-2H3,(H,24,28,29). The number of ether oxygens (including phenoxy) is 1. The van der Waals surface area contributed by atoms with Crippen molar-refractivity contribution in [2.24, 2.45) is 12.5 Å². The number of amides is 3. The fourth-order valence-electron chi connectivity index (χ4n) is 5.67. The molecule has 2 aliphatic heterocycles. The molecule has 31 heavy (non-hydrogen) atoms. The number of nitrogens with zero attached hydrogens (tertiary/aromatic N) is 3. The Kier molecular flexibility index (Phi) is 4.75. The summed E-state index contributed by atoms with van der Waals surface area (Å²) in [5.74, 6) is -0.339. The summed E-state index contributed by atoms with van der Waals surface area (Å²) in [6.07, 6.45) is 5.10. The van der Waals surface area contributed by atoms with Gasteiger partial charge < -0.3 is 9.64 Å². The van der Waals surface area contributed by atoms with Gasteiger partial charge in [-0.15, -0.1) is 0 Å². The first-order valence-electron chi connectivity index (χ1n) is 11.0. The van der Waals surface area contributed by atoms with E-state index in [1.54, 1.807) is 4.90 Å². The van der Waals surface area contributed by atoms with E-state index in [0.717, 1.165) is 55.4 Å². The predicted octanol–water partition coefficient (Wildman–Crippen LogP) is 2.82. The summed E-state index contributed by atoms with van der Waals surface area (Å²) in [5.41, 5.74) is 3.36. The minimum atomic E-state index is -0.377. The summed E-state index contributed by atoms with van der Waals surface area (Å²) in [5, 5.41) is 8.07. The summed E-state index contributed by atoms with van der Waals surface area (Å²) in [6, 6.07) is 6.47. The largest absolute Gasteiger partial charge is 0.453 e. The highest BCUT2D eigenvalue weighted by molar-refractivity contribution is 6.02. The van der Waals surface area contributed by atoms with Crippen LogP contribution in [0, 0.1) is 5.41 Å². The number of fused-ring (bicyclic) bond motifs is 1. The molecule has 2 saturated heterocycles. The van der Waals surface area contributed by atoms with Crippen molar-refractivity contribution < 1.29 is 19.1 Å². The van der Waals surface area contributed by atoms with Gasteiger partial charge in [0.25, 0.3) is 0 Å². The number of nitrogens with one attached hydrogen (secondary N) is 1. The van der Waals surface area contributed by atoms with Crippen LogP contribution in [-0.2, 0) is 21.4 Å². The van der Waals surface area contributed by atoms with Crippen molar-refractivity contribution in [3.63, 3.8) is 0 Å². The Morgan fingerprint density at radius 2 is 1.94 bits per heavy atom. The molecular formula is C23H28N4O4. The topological polar surface area (TPSA) is 93.5 Å². The van der Waals surface area contributed by atoms with Crippen LogP contribution in [0.2, 0.25) is 0 Å². The van der Waals surface area contributed by atoms with Crippen molar-refractivity contribution in [2.75, 3.05) is 20.2 Å². The number of carbonyl (C=O) groups is 3. The van der Waals surface area contributed by atoms with Crippen LogP contribution in [0.3, 0.4) is 0 Å². The van der Waals surface area contributed by atoms with Gasteiger partial charge in [-0.3, -0.25) is 19.6 Å². The lowest BCUT2D eigenvalue weighted by atomic mass is 9.65. The third-order valence-corrected chi connectivity index (χ3v) is 7.48. The zero-order valence-electron chi connectivity index (χ0n) is 18.0. The van der Waals surface area contributed by atoms with Gasteiger partial charge in [-0.05, 0) is 49.7 Å². The zero-order chi connectivity index (χ0) is 21.8. The SMILES string of the molecule is COC(=O)N1CC2(CCC(c3ccc4c(C5CCC(=O)NC5=O)nn(C)c4c3)CC2)C1. The van der Waals surface area contributed by atoms with E-state index in [1.165, 1.54) is 12.7 Å².